The summed E-state index contributed by atoms with van der Waals surface area (Å²) in [5, 5.41) is 2.96. The predicted molar refractivity (Wildman–Crippen MR) is 79.0 cm³/mol. The van der Waals surface area contributed by atoms with E-state index >= 15 is 0 Å². The van der Waals surface area contributed by atoms with Crippen LogP contribution < -0.4 is 11.1 Å². The maximum atomic E-state index is 12.0. The van der Waals surface area contributed by atoms with Crippen molar-refractivity contribution in [3.63, 3.8) is 0 Å². The topological polar surface area (TPSA) is 68.0 Å². The first-order valence-electron chi connectivity index (χ1n) is 7.08. The number of aromatic nitrogens is 1. The van der Waals surface area contributed by atoms with Crippen LogP contribution in [0.25, 0.3) is 0 Å². The highest BCUT2D eigenvalue weighted by atomic mass is 16.1. The molecule has 1 unspecified atom stereocenters. The summed E-state index contributed by atoms with van der Waals surface area (Å²) in [6, 6.07) is 1.73. The molecule has 0 bridgehead atoms. The molecule has 0 aliphatic carbocycles. The number of hydrogen-bond donors (Lipinski definition) is 2. The second kappa shape index (κ2) is 7.77. The fourth-order valence-corrected chi connectivity index (χ4v) is 2.05. The van der Waals surface area contributed by atoms with Crippen molar-refractivity contribution in [1.82, 2.24) is 10.3 Å². The van der Waals surface area contributed by atoms with Crippen LogP contribution in [-0.2, 0) is 0 Å². The highest BCUT2D eigenvalue weighted by Gasteiger charge is 2.12. The maximum absolute atomic E-state index is 12.0. The number of nitrogens with two attached hydrogens (primary N) is 1. The lowest BCUT2D eigenvalue weighted by Gasteiger charge is -2.15. The van der Waals surface area contributed by atoms with Crippen molar-refractivity contribution in [3.8, 4) is 0 Å². The number of rotatable bonds is 7. The normalized spacial score (nSPS) is 12.2. The molecule has 1 aromatic rings. The third kappa shape index (κ3) is 4.89. The Bertz CT molecular complexity index is 418. The standard InChI is InChI=1S/C15H25N3O/c1-4-6-7-12(5-2)9-18-15(19)13-10-17-11(3)8-14(13)16/h8,10,12H,4-7,9H2,1-3H3,(H2,16,17)(H,18,19). The summed E-state index contributed by atoms with van der Waals surface area (Å²) >= 11 is 0. The Morgan fingerprint density at radius 2 is 2.21 bits per heavy atom. The monoisotopic (exact) mass is 263 g/mol. The van der Waals surface area contributed by atoms with Gasteiger partial charge in [0.15, 0.2) is 0 Å². The van der Waals surface area contributed by atoms with Crippen molar-refractivity contribution < 1.29 is 4.79 Å². The molecule has 0 fully saturated rings. The predicted octanol–water partition coefficient (Wildman–Crippen LogP) is 2.92. The summed E-state index contributed by atoms with van der Waals surface area (Å²) in [5.74, 6) is 0.420. The zero-order valence-corrected chi connectivity index (χ0v) is 12.2. The average molecular weight is 263 g/mol. The third-order valence-corrected chi connectivity index (χ3v) is 3.41. The molecule has 4 nitrogen and oxygen atoms in total. The first kappa shape index (κ1) is 15.5. The summed E-state index contributed by atoms with van der Waals surface area (Å²) < 4.78 is 0. The number of anilines is 1. The van der Waals surface area contributed by atoms with Crippen molar-refractivity contribution in [1.29, 1.82) is 0 Å². The summed E-state index contributed by atoms with van der Waals surface area (Å²) in [5.41, 5.74) is 7.62. The molecular formula is C15H25N3O. The van der Waals surface area contributed by atoms with Crippen LogP contribution in [0.3, 0.4) is 0 Å². The lowest BCUT2D eigenvalue weighted by molar-refractivity contribution is 0.0946. The molecule has 0 saturated heterocycles. The van der Waals surface area contributed by atoms with E-state index in [4.69, 9.17) is 5.73 Å². The minimum Gasteiger partial charge on any atom is -0.398 e. The number of carbonyl (C=O) groups excluding carboxylic acids is 1. The molecule has 0 aromatic carbocycles. The van der Waals surface area contributed by atoms with Crippen molar-refractivity contribution in [2.45, 2.75) is 46.5 Å². The number of amides is 1. The molecular weight excluding hydrogens is 238 g/mol. The molecule has 0 aliphatic rings. The van der Waals surface area contributed by atoms with Gasteiger partial charge in [0.1, 0.15) is 0 Å². The van der Waals surface area contributed by atoms with Gasteiger partial charge in [-0.05, 0) is 25.3 Å². The number of hydrogen-bond acceptors (Lipinski definition) is 3. The number of carbonyl (C=O) groups is 1. The van der Waals surface area contributed by atoms with E-state index in [0.717, 1.165) is 18.5 Å². The van der Waals surface area contributed by atoms with Gasteiger partial charge in [-0.3, -0.25) is 9.78 Å². The number of aryl methyl sites for hydroxylation is 1. The fraction of sp³-hybridized carbons (Fsp3) is 0.600. The molecule has 1 rings (SSSR count). The van der Waals surface area contributed by atoms with Crippen molar-refractivity contribution in [3.05, 3.63) is 23.5 Å². The Hall–Kier alpha value is -1.58. The molecule has 106 valence electrons. The van der Waals surface area contributed by atoms with Gasteiger partial charge in [-0.1, -0.05) is 33.1 Å². The molecule has 1 amide bonds. The van der Waals surface area contributed by atoms with Gasteiger partial charge in [-0.15, -0.1) is 0 Å². The Labute approximate surface area is 115 Å². The van der Waals surface area contributed by atoms with Gasteiger partial charge in [0, 0.05) is 24.1 Å². The third-order valence-electron chi connectivity index (χ3n) is 3.41. The Morgan fingerprint density at radius 1 is 1.47 bits per heavy atom. The molecule has 0 spiro atoms. The van der Waals surface area contributed by atoms with Gasteiger partial charge in [0.25, 0.3) is 5.91 Å². The van der Waals surface area contributed by atoms with Crippen molar-refractivity contribution in [2.75, 3.05) is 12.3 Å². The minimum absolute atomic E-state index is 0.125. The minimum atomic E-state index is -0.125. The number of nitrogens with zero attached hydrogens (tertiary/aromatic N) is 1. The molecule has 1 heterocycles. The number of nitrogens with one attached hydrogen (secondary N) is 1. The highest BCUT2D eigenvalue weighted by molar-refractivity contribution is 5.98. The van der Waals surface area contributed by atoms with Crippen LogP contribution in [0.15, 0.2) is 12.3 Å². The molecule has 0 radical (unpaired) electrons. The quantitative estimate of drug-likeness (QED) is 0.794. The van der Waals surface area contributed by atoms with Gasteiger partial charge in [-0.25, -0.2) is 0 Å². The zero-order chi connectivity index (χ0) is 14.3. The van der Waals surface area contributed by atoms with Gasteiger partial charge < -0.3 is 11.1 Å². The second-order valence-electron chi connectivity index (χ2n) is 5.04. The number of nitrogen functional groups attached to an aromatic ring is 1. The van der Waals surface area contributed by atoms with E-state index in [-0.39, 0.29) is 5.91 Å². The Kier molecular flexibility index (Phi) is 6.33. The number of pyridine rings is 1. The van der Waals surface area contributed by atoms with Crippen LogP contribution in [0.4, 0.5) is 5.69 Å². The van der Waals surface area contributed by atoms with E-state index < -0.39 is 0 Å². The average Bonchev–Trinajstić information content (AvgIpc) is 2.38. The molecule has 1 atom stereocenters. The molecule has 4 heteroatoms. The van der Waals surface area contributed by atoms with E-state index in [1.54, 1.807) is 12.3 Å². The first-order chi connectivity index (χ1) is 9.08. The molecule has 3 N–H and O–H groups in total. The van der Waals surface area contributed by atoms with Gasteiger partial charge in [0.05, 0.1) is 5.56 Å². The van der Waals surface area contributed by atoms with Crippen LogP contribution in [0, 0.1) is 12.8 Å². The Morgan fingerprint density at radius 3 is 2.79 bits per heavy atom. The van der Waals surface area contributed by atoms with E-state index in [1.807, 2.05) is 6.92 Å². The maximum Gasteiger partial charge on any atom is 0.254 e. The summed E-state index contributed by atoms with van der Waals surface area (Å²) in [6.45, 7) is 6.91. The van der Waals surface area contributed by atoms with Crippen molar-refractivity contribution >= 4 is 11.6 Å². The van der Waals surface area contributed by atoms with Crippen LogP contribution in [-0.4, -0.2) is 17.4 Å². The SMILES string of the molecule is CCCCC(CC)CNC(=O)c1cnc(C)cc1N. The largest absolute Gasteiger partial charge is 0.398 e. The number of unbranched alkanes of at least 4 members (excludes halogenated alkanes) is 1. The van der Waals surface area contributed by atoms with E-state index in [0.29, 0.717) is 23.7 Å². The molecule has 1 aromatic heterocycles. The molecule has 19 heavy (non-hydrogen) atoms. The van der Waals surface area contributed by atoms with E-state index in [2.05, 4.69) is 24.1 Å². The highest BCUT2D eigenvalue weighted by Crippen LogP contribution is 2.13. The zero-order valence-electron chi connectivity index (χ0n) is 12.2. The first-order valence-corrected chi connectivity index (χ1v) is 7.08. The van der Waals surface area contributed by atoms with E-state index in [1.165, 1.54) is 12.8 Å². The van der Waals surface area contributed by atoms with Crippen LogP contribution >= 0.6 is 0 Å². The fourth-order valence-electron chi connectivity index (χ4n) is 2.05. The van der Waals surface area contributed by atoms with Gasteiger partial charge in [-0.2, -0.15) is 0 Å². The summed E-state index contributed by atoms with van der Waals surface area (Å²) in [4.78, 5) is 16.2. The smallest absolute Gasteiger partial charge is 0.254 e. The molecule has 0 saturated carbocycles. The lowest BCUT2D eigenvalue weighted by Crippen LogP contribution is -2.29. The second-order valence-corrected chi connectivity index (χ2v) is 5.04. The molecule has 0 aliphatic heterocycles. The lowest BCUT2D eigenvalue weighted by atomic mass is 9.99. The van der Waals surface area contributed by atoms with Gasteiger partial charge in [0.2, 0.25) is 0 Å². The van der Waals surface area contributed by atoms with Crippen LogP contribution in [0.5, 0.6) is 0 Å². The summed E-state index contributed by atoms with van der Waals surface area (Å²) in [6.07, 6.45) is 6.20. The van der Waals surface area contributed by atoms with E-state index in [9.17, 15) is 4.79 Å². The van der Waals surface area contributed by atoms with Crippen LogP contribution in [0.1, 0.15) is 55.6 Å². The van der Waals surface area contributed by atoms with Gasteiger partial charge >= 0.3 is 0 Å². The Balaban J connectivity index is 2.54. The van der Waals surface area contributed by atoms with Crippen molar-refractivity contribution in [2.24, 2.45) is 5.92 Å². The van der Waals surface area contributed by atoms with Crippen LogP contribution in [0.2, 0.25) is 0 Å². The summed E-state index contributed by atoms with van der Waals surface area (Å²) in [7, 11) is 0.